The molecule has 0 radical (unpaired) electrons. The second kappa shape index (κ2) is 7.06. The molecule has 1 aromatic heterocycles. The number of fused-ring (bicyclic) bond motifs is 1. The lowest BCUT2D eigenvalue weighted by Gasteiger charge is -2.22. The Balaban J connectivity index is 1.68. The highest BCUT2D eigenvalue weighted by Gasteiger charge is 2.23. The number of nitrogens with zero attached hydrogens (tertiary/aromatic N) is 3. The molecule has 5 heteroatoms. The van der Waals surface area contributed by atoms with Gasteiger partial charge in [0.25, 0.3) is 0 Å². The number of hydrogen-bond donors (Lipinski definition) is 1. The maximum Gasteiger partial charge on any atom is 0.123 e. The lowest BCUT2D eigenvalue weighted by Crippen LogP contribution is -2.21. The summed E-state index contributed by atoms with van der Waals surface area (Å²) >= 11 is 1.67. The third-order valence-corrected chi connectivity index (χ3v) is 6.57. The fraction of sp³-hybridized carbons (Fsp3) is 0.550. The highest BCUT2D eigenvalue weighted by molar-refractivity contribution is 7.15. The van der Waals surface area contributed by atoms with Crippen LogP contribution in [0.3, 0.4) is 0 Å². The van der Waals surface area contributed by atoms with Crippen molar-refractivity contribution in [1.82, 2.24) is 9.88 Å². The number of likely N-dealkylation sites (tertiary alicyclic amines) is 1. The molecule has 134 valence electrons. The van der Waals surface area contributed by atoms with E-state index in [-0.39, 0.29) is 6.10 Å². The van der Waals surface area contributed by atoms with Crippen LogP contribution in [-0.4, -0.2) is 42.2 Å². The molecule has 4 rings (SSSR count). The highest BCUT2D eigenvalue weighted by Crippen LogP contribution is 2.38. The SMILES string of the molecule is CN(C)c1ccc(-c2nc3c(s2)C(O)CCC3)cc1CN1CCCC1. The molecule has 4 nitrogen and oxygen atoms in total. The van der Waals surface area contributed by atoms with E-state index in [1.54, 1.807) is 11.3 Å². The summed E-state index contributed by atoms with van der Waals surface area (Å²) in [4.78, 5) is 10.7. The summed E-state index contributed by atoms with van der Waals surface area (Å²) in [6.45, 7) is 3.42. The summed E-state index contributed by atoms with van der Waals surface area (Å²) < 4.78 is 0. The van der Waals surface area contributed by atoms with Crippen LogP contribution in [0.5, 0.6) is 0 Å². The summed E-state index contributed by atoms with van der Waals surface area (Å²) in [5.41, 5.74) is 4.96. The Labute approximate surface area is 154 Å². The average Bonchev–Trinajstić information content (AvgIpc) is 3.24. The summed E-state index contributed by atoms with van der Waals surface area (Å²) in [6, 6.07) is 6.71. The predicted molar refractivity (Wildman–Crippen MR) is 104 cm³/mol. The lowest BCUT2D eigenvalue weighted by molar-refractivity contribution is 0.160. The molecule has 2 aliphatic rings. The van der Waals surface area contributed by atoms with Gasteiger partial charge in [0, 0.05) is 31.9 Å². The van der Waals surface area contributed by atoms with Gasteiger partial charge in [0.2, 0.25) is 0 Å². The van der Waals surface area contributed by atoms with Crippen molar-refractivity contribution in [1.29, 1.82) is 0 Å². The minimum Gasteiger partial charge on any atom is -0.388 e. The number of aliphatic hydroxyl groups is 1. The van der Waals surface area contributed by atoms with E-state index in [1.165, 1.54) is 42.7 Å². The van der Waals surface area contributed by atoms with Crippen LogP contribution < -0.4 is 4.90 Å². The van der Waals surface area contributed by atoms with Gasteiger partial charge in [0.15, 0.2) is 0 Å². The molecule has 0 bridgehead atoms. The molecule has 0 spiro atoms. The molecule has 0 saturated carbocycles. The molecule has 25 heavy (non-hydrogen) atoms. The molecular weight excluding hydrogens is 330 g/mol. The van der Waals surface area contributed by atoms with Gasteiger partial charge in [0.1, 0.15) is 5.01 Å². The Kier molecular flexibility index (Phi) is 4.80. The Morgan fingerprint density at radius 2 is 2.04 bits per heavy atom. The molecule has 1 saturated heterocycles. The van der Waals surface area contributed by atoms with Crippen molar-refractivity contribution in [3.63, 3.8) is 0 Å². The van der Waals surface area contributed by atoms with E-state index in [4.69, 9.17) is 4.98 Å². The van der Waals surface area contributed by atoms with E-state index in [9.17, 15) is 5.11 Å². The van der Waals surface area contributed by atoms with Gasteiger partial charge in [0.05, 0.1) is 16.7 Å². The van der Waals surface area contributed by atoms with Crippen LogP contribution in [0.15, 0.2) is 18.2 Å². The van der Waals surface area contributed by atoms with E-state index < -0.39 is 0 Å². The zero-order valence-corrected chi connectivity index (χ0v) is 16.0. The first-order valence-electron chi connectivity index (χ1n) is 9.32. The quantitative estimate of drug-likeness (QED) is 0.902. The highest BCUT2D eigenvalue weighted by atomic mass is 32.1. The number of aromatic nitrogens is 1. The number of thiazole rings is 1. The molecule has 1 atom stereocenters. The molecule has 2 heterocycles. The van der Waals surface area contributed by atoms with Gasteiger partial charge >= 0.3 is 0 Å². The number of rotatable bonds is 4. The van der Waals surface area contributed by atoms with Crippen LogP contribution in [0.2, 0.25) is 0 Å². The van der Waals surface area contributed by atoms with Gasteiger partial charge in [-0.2, -0.15) is 0 Å². The number of aryl methyl sites for hydroxylation is 1. The van der Waals surface area contributed by atoms with E-state index in [1.807, 2.05) is 0 Å². The minimum absolute atomic E-state index is 0.319. The summed E-state index contributed by atoms with van der Waals surface area (Å²) in [6.07, 6.45) is 5.22. The topological polar surface area (TPSA) is 39.6 Å². The van der Waals surface area contributed by atoms with Crippen molar-refractivity contribution in [3.05, 3.63) is 34.3 Å². The van der Waals surface area contributed by atoms with Gasteiger partial charge < -0.3 is 10.0 Å². The second-order valence-electron chi connectivity index (χ2n) is 7.46. The standard InChI is InChI=1S/C20H27N3OS/c1-22(2)17-9-8-14(12-15(17)13-23-10-3-4-11-23)20-21-16-6-5-7-18(24)19(16)25-20/h8-9,12,18,24H,3-7,10-11,13H2,1-2H3. The second-order valence-corrected chi connectivity index (χ2v) is 8.49. The van der Waals surface area contributed by atoms with Gasteiger partial charge in [-0.15, -0.1) is 11.3 Å². The first-order valence-corrected chi connectivity index (χ1v) is 10.1. The van der Waals surface area contributed by atoms with Crippen LogP contribution in [0.4, 0.5) is 5.69 Å². The number of hydrogen-bond acceptors (Lipinski definition) is 5. The van der Waals surface area contributed by atoms with Crippen molar-refractivity contribution < 1.29 is 5.11 Å². The van der Waals surface area contributed by atoms with E-state index in [2.05, 4.69) is 42.1 Å². The molecule has 0 amide bonds. The van der Waals surface area contributed by atoms with Gasteiger partial charge in [-0.3, -0.25) is 4.90 Å². The molecule has 1 unspecified atom stereocenters. The lowest BCUT2D eigenvalue weighted by atomic mass is 10.0. The van der Waals surface area contributed by atoms with Crippen LogP contribution in [0.25, 0.3) is 10.6 Å². The Morgan fingerprint density at radius 1 is 1.24 bits per heavy atom. The summed E-state index contributed by atoms with van der Waals surface area (Å²) in [7, 11) is 4.22. The monoisotopic (exact) mass is 357 g/mol. The van der Waals surface area contributed by atoms with E-state index in [0.29, 0.717) is 0 Å². The molecule has 1 N–H and O–H groups in total. The maximum atomic E-state index is 10.2. The fourth-order valence-electron chi connectivity index (χ4n) is 3.98. The molecule has 2 aromatic rings. The molecular formula is C20H27N3OS. The van der Waals surface area contributed by atoms with Crippen molar-refractivity contribution in [2.45, 2.75) is 44.8 Å². The first-order chi connectivity index (χ1) is 12.1. The maximum absolute atomic E-state index is 10.2. The third kappa shape index (κ3) is 3.46. The smallest absolute Gasteiger partial charge is 0.123 e. The molecule has 1 aromatic carbocycles. The van der Waals surface area contributed by atoms with Crippen molar-refractivity contribution in [2.75, 3.05) is 32.1 Å². The predicted octanol–water partition coefficient (Wildman–Crippen LogP) is 3.84. The average molecular weight is 358 g/mol. The van der Waals surface area contributed by atoms with Crippen LogP contribution in [-0.2, 0) is 13.0 Å². The van der Waals surface area contributed by atoms with Crippen LogP contribution in [0, 0.1) is 0 Å². The number of benzene rings is 1. The van der Waals surface area contributed by atoms with Crippen LogP contribution >= 0.6 is 11.3 Å². The van der Waals surface area contributed by atoms with Crippen molar-refractivity contribution in [2.24, 2.45) is 0 Å². The minimum atomic E-state index is -0.319. The van der Waals surface area contributed by atoms with Gasteiger partial charge in [-0.25, -0.2) is 4.98 Å². The van der Waals surface area contributed by atoms with Crippen molar-refractivity contribution >= 4 is 17.0 Å². The Morgan fingerprint density at radius 3 is 2.76 bits per heavy atom. The van der Waals surface area contributed by atoms with Gasteiger partial charge in [-0.05, 0) is 69.0 Å². The Hall–Kier alpha value is -1.43. The first kappa shape index (κ1) is 17.0. The summed E-state index contributed by atoms with van der Waals surface area (Å²) in [5.74, 6) is 0. The summed E-state index contributed by atoms with van der Waals surface area (Å²) in [5, 5.41) is 11.3. The molecule has 1 fully saturated rings. The van der Waals surface area contributed by atoms with E-state index >= 15 is 0 Å². The van der Waals surface area contributed by atoms with Crippen molar-refractivity contribution in [3.8, 4) is 10.6 Å². The largest absolute Gasteiger partial charge is 0.388 e. The third-order valence-electron chi connectivity index (χ3n) is 5.32. The zero-order chi connectivity index (χ0) is 17.4. The van der Waals surface area contributed by atoms with Gasteiger partial charge in [-0.1, -0.05) is 0 Å². The number of anilines is 1. The molecule has 1 aliphatic carbocycles. The molecule has 1 aliphatic heterocycles. The normalized spacial score (nSPS) is 20.7. The van der Waals surface area contributed by atoms with Crippen LogP contribution in [0.1, 0.15) is 47.9 Å². The Bertz CT molecular complexity index is 749. The zero-order valence-electron chi connectivity index (χ0n) is 15.2. The fourth-order valence-corrected chi connectivity index (χ4v) is 5.11. The van der Waals surface area contributed by atoms with E-state index in [0.717, 1.165) is 41.4 Å². The number of aliphatic hydroxyl groups excluding tert-OH is 1.